The van der Waals surface area contributed by atoms with E-state index in [0.717, 1.165) is 6.07 Å². The number of nitrogens with one attached hydrogen (secondary N) is 1. The summed E-state index contributed by atoms with van der Waals surface area (Å²) in [5, 5.41) is 20.6. The lowest BCUT2D eigenvalue weighted by molar-refractivity contribution is 0.319. The number of nitrogen functional groups attached to an aromatic ring is 1. The normalized spacial score (nSPS) is 12.6. The van der Waals surface area contributed by atoms with Gasteiger partial charge in [0, 0.05) is 11.4 Å². The SMILES string of the molecule is Nc1ccc(Nc2cc(CS(=O)(=O)CCO)ccc2CS(=O)(=O)CCO)c(S(=O)(=O)O)c1. The van der Waals surface area contributed by atoms with Crippen molar-refractivity contribution in [2.45, 2.75) is 16.4 Å². The summed E-state index contributed by atoms with van der Waals surface area (Å²) in [6.07, 6.45) is 0. The highest BCUT2D eigenvalue weighted by Gasteiger charge is 2.20. The number of nitrogens with two attached hydrogens (primary N) is 1. The number of rotatable bonds is 11. The molecule has 32 heavy (non-hydrogen) atoms. The van der Waals surface area contributed by atoms with Crippen molar-refractivity contribution in [1.82, 2.24) is 0 Å². The van der Waals surface area contributed by atoms with E-state index in [4.69, 9.17) is 15.9 Å². The molecule has 14 heteroatoms. The van der Waals surface area contributed by atoms with E-state index in [1.807, 2.05) is 0 Å². The van der Waals surface area contributed by atoms with Crippen LogP contribution in [-0.4, -0.2) is 64.7 Å². The molecule has 178 valence electrons. The third-order valence-corrected chi connectivity index (χ3v) is 8.32. The fraction of sp³-hybridized carbons (Fsp3) is 0.333. The van der Waals surface area contributed by atoms with Crippen LogP contribution >= 0.6 is 0 Å². The van der Waals surface area contributed by atoms with E-state index < -0.39 is 70.9 Å². The summed E-state index contributed by atoms with van der Waals surface area (Å²) < 4.78 is 81.6. The largest absolute Gasteiger partial charge is 0.399 e. The van der Waals surface area contributed by atoms with E-state index in [1.165, 1.54) is 30.3 Å². The maximum atomic E-state index is 12.2. The highest BCUT2D eigenvalue weighted by atomic mass is 32.2. The Bertz CT molecular complexity index is 1290. The third-order valence-electron chi connectivity index (χ3n) is 4.29. The Morgan fingerprint density at radius 3 is 1.94 bits per heavy atom. The Morgan fingerprint density at radius 2 is 1.38 bits per heavy atom. The lowest BCUT2D eigenvalue weighted by Crippen LogP contribution is -2.15. The second-order valence-electron chi connectivity index (χ2n) is 6.98. The molecule has 0 bridgehead atoms. The Hall–Kier alpha value is -2.23. The van der Waals surface area contributed by atoms with Crippen LogP contribution < -0.4 is 11.1 Å². The van der Waals surface area contributed by atoms with Crippen LogP contribution in [0.5, 0.6) is 0 Å². The molecule has 0 saturated heterocycles. The minimum absolute atomic E-state index is 0.0535. The van der Waals surface area contributed by atoms with Gasteiger partial charge < -0.3 is 21.3 Å². The molecule has 2 aromatic rings. The van der Waals surface area contributed by atoms with Gasteiger partial charge in [-0.1, -0.05) is 12.1 Å². The molecule has 11 nitrogen and oxygen atoms in total. The fourth-order valence-corrected chi connectivity index (χ4v) is 5.81. The predicted molar refractivity (Wildman–Crippen MR) is 120 cm³/mol. The van der Waals surface area contributed by atoms with Crippen LogP contribution in [0.2, 0.25) is 0 Å². The van der Waals surface area contributed by atoms with Gasteiger partial charge in [0.2, 0.25) is 0 Å². The van der Waals surface area contributed by atoms with Gasteiger partial charge in [-0.3, -0.25) is 4.55 Å². The van der Waals surface area contributed by atoms with Gasteiger partial charge in [-0.15, -0.1) is 0 Å². The smallest absolute Gasteiger partial charge is 0.296 e. The molecule has 2 aromatic carbocycles. The molecule has 0 aliphatic carbocycles. The van der Waals surface area contributed by atoms with Crippen LogP contribution in [0.1, 0.15) is 11.1 Å². The minimum Gasteiger partial charge on any atom is -0.399 e. The third kappa shape index (κ3) is 7.43. The fourth-order valence-electron chi connectivity index (χ4n) is 2.87. The Balaban J connectivity index is 2.58. The van der Waals surface area contributed by atoms with Gasteiger partial charge in [0.05, 0.1) is 41.9 Å². The van der Waals surface area contributed by atoms with Gasteiger partial charge in [0.1, 0.15) is 4.90 Å². The second-order valence-corrected chi connectivity index (χ2v) is 12.7. The first-order valence-electron chi connectivity index (χ1n) is 9.15. The molecule has 0 aromatic heterocycles. The molecule has 0 fully saturated rings. The van der Waals surface area contributed by atoms with Crippen molar-refractivity contribution in [2.24, 2.45) is 0 Å². The molecular formula is C18H24N2O9S3. The minimum atomic E-state index is -4.70. The number of benzene rings is 2. The number of sulfone groups is 2. The monoisotopic (exact) mass is 508 g/mol. The zero-order valence-electron chi connectivity index (χ0n) is 16.8. The highest BCUT2D eigenvalue weighted by Crippen LogP contribution is 2.30. The molecule has 0 amide bonds. The van der Waals surface area contributed by atoms with E-state index in [2.05, 4.69) is 5.32 Å². The standard InChI is InChI=1S/C18H24N2O9S3/c19-15-3-4-16(18(10-15)32(27,28)29)20-17-9-13(11-30(23,24)7-5-21)1-2-14(17)12-31(25,26)8-6-22/h1-4,9-10,20-22H,5-8,11-12,19H2,(H,27,28,29). The molecule has 0 saturated carbocycles. The van der Waals surface area contributed by atoms with E-state index in [9.17, 15) is 29.8 Å². The summed E-state index contributed by atoms with van der Waals surface area (Å²) >= 11 is 0. The van der Waals surface area contributed by atoms with E-state index in [0.29, 0.717) is 0 Å². The molecule has 0 radical (unpaired) electrons. The quantitative estimate of drug-likeness (QED) is 0.203. The predicted octanol–water partition coefficient (Wildman–Crippen LogP) is 0.0733. The van der Waals surface area contributed by atoms with Crippen LogP contribution in [0.3, 0.4) is 0 Å². The molecule has 0 spiro atoms. The lowest BCUT2D eigenvalue weighted by Gasteiger charge is -2.16. The van der Waals surface area contributed by atoms with Crippen LogP contribution in [-0.2, 0) is 41.3 Å². The van der Waals surface area contributed by atoms with Crippen molar-refractivity contribution in [3.63, 3.8) is 0 Å². The number of anilines is 3. The maximum absolute atomic E-state index is 12.2. The molecule has 0 heterocycles. The molecule has 0 unspecified atom stereocenters. The average molecular weight is 509 g/mol. The van der Waals surface area contributed by atoms with Gasteiger partial charge in [-0.25, -0.2) is 16.8 Å². The molecule has 0 atom stereocenters. The van der Waals surface area contributed by atoms with Crippen LogP contribution in [0.25, 0.3) is 0 Å². The number of aliphatic hydroxyl groups is 2. The zero-order chi connectivity index (χ0) is 24.2. The number of hydrogen-bond donors (Lipinski definition) is 5. The molecule has 0 aliphatic heterocycles. The van der Waals surface area contributed by atoms with E-state index in [1.54, 1.807) is 0 Å². The van der Waals surface area contributed by atoms with Crippen molar-refractivity contribution in [3.8, 4) is 0 Å². The van der Waals surface area contributed by atoms with E-state index in [-0.39, 0.29) is 28.2 Å². The summed E-state index contributed by atoms with van der Waals surface area (Å²) in [5.41, 5.74) is 6.05. The summed E-state index contributed by atoms with van der Waals surface area (Å²) in [4.78, 5) is -0.556. The van der Waals surface area contributed by atoms with Crippen molar-refractivity contribution in [3.05, 3.63) is 47.5 Å². The Morgan fingerprint density at radius 1 is 0.781 bits per heavy atom. The van der Waals surface area contributed by atoms with Crippen molar-refractivity contribution >= 4 is 46.9 Å². The second kappa shape index (κ2) is 10.1. The lowest BCUT2D eigenvalue weighted by atomic mass is 10.1. The van der Waals surface area contributed by atoms with Gasteiger partial charge in [0.25, 0.3) is 10.1 Å². The molecule has 6 N–H and O–H groups in total. The zero-order valence-corrected chi connectivity index (χ0v) is 19.2. The van der Waals surface area contributed by atoms with Crippen LogP contribution in [0.4, 0.5) is 17.1 Å². The summed E-state index contributed by atoms with van der Waals surface area (Å²) in [7, 11) is -12.1. The van der Waals surface area contributed by atoms with Gasteiger partial charge in [-0.2, -0.15) is 8.42 Å². The summed E-state index contributed by atoms with van der Waals surface area (Å²) in [6.45, 7) is -1.15. The maximum Gasteiger partial charge on any atom is 0.296 e. The number of hydrogen-bond acceptors (Lipinski definition) is 10. The Kier molecular flexibility index (Phi) is 8.25. The van der Waals surface area contributed by atoms with Gasteiger partial charge >= 0.3 is 0 Å². The molecule has 0 aliphatic rings. The average Bonchev–Trinajstić information content (AvgIpc) is 2.64. The summed E-state index contributed by atoms with van der Waals surface area (Å²) in [6, 6.07) is 7.73. The van der Waals surface area contributed by atoms with Gasteiger partial charge in [0.15, 0.2) is 19.7 Å². The van der Waals surface area contributed by atoms with E-state index >= 15 is 0 Å². The topological polar surface area (TPSA) is 201 Å². The number of aliphatic hydroxyl groups excluding tert-OH is 2. The first kappa shape index (κ1) is 26.0. The van der Waals surface area contributed by atoms with Crippen molar-refractivity contribution in [2.75, 3.05) is 35.8 Å². The van der Waals surface area contributed by atoms with Crippen LogP contribution in [0, 0.1) is 0 Å². The molecule has 2 rings (SSSR count). The van der Waals surface area contributed by atoms with Crippen molar-refractivity contribution < 1.29 is 40.0 Å². The van der Waals surface area contributed by atoms with Gasteiger partial charge in [-0.05, 0) is 35.4 Å². The molecular weight excluding hydrogens is 484 g/mol. The van der Waals surface area contributed by atoms with Crippen molar-refractivity contribution in [1.29, 1.82) is 0 Å². The Labute approximate surface area is 186 Å². The first-order valence-corrected chi connectivity index (χ1v) is 14.2. The highest BCUT2D eigenvalue weighted by molar-refractivity contribution is 7.90. The van der Waals surface area contributed by atoms with Crippen LogP contribution in [0.15, 0.2) is 41.3 Å². The first-order chi connectivity index (χ1) is 14.8. The summed E-state index contributed by atoms with van der Waals surface area (Å²) in [5.74, 6) is -1.93.